The van der Waals surface area contributed by atoms with E-state index in [4.69, 9.17) is 0 Å². The van der Waals surface area contributed by atoms with Gasteiger partial charge in [0.25, 0.3) is 0 Å². The van der Waals surface area contributed by atoms with Gasteiger partial charge in [-0.25, -0.2) is 4.98 Å². The molecular formula is C31H33F3N2OS. The zero-order valence-electron chi connectivity index (χ0n) is 21.2. The Morgan fingerprint density at radius 2 is 1.39 bits per heavy atom. The second kappa shape index (κ2) is 13.6. The summed E-state index contributed by atoms with van der Waals surface area (Å²) in [7, 11) is 0. The molecule has 7 heteroatoms. The number of aromatic nitrogens is 1. The highest BCUT2D eigenvalue weighted by atomic mass is 32.1. The molecule has 38 heavy (non-hydrogen) atoms. The van der Waals surface area contributed by atoms with E-state index in [-0.39, 0.29) is 37.2 Å². The summed E-state index contributed by atoms with van der Waals surface area (Å²) in [4.78, 5) is 3.82. The van der Waals surface area contributed by atoms with Crippen molar-refractivity contribution in [2.75, 3.05) is 13.1 Å². The van der Waals surface area contributed by atoms with Crippen molar-refractivity contribution in [3.05, 3.63) is 125 Å². The zero-order chi connectivity index (χ0) is 26.3. The minimum Gasteiger partial charge on any atom is -0.387 e. The van der Waals surface area contributed by atoms with Crippen LogP contribution < -0.4 is 5.32 Å². The third-order valence-electron chi connectivity index (χ3n) is 6.46. The Labute approximate surface area is 229 Å². The molecule has 0 radical (unpaired) electrons. The van der Waals surface area contributed by atoms with Crippen LogP contribution in [0, 0.1) is 6.92 Å². The minimum atomic E-state index is -4.60. The molecule has 0 aliphatic carbocycles. The number of pyridine rings is 1. The molecule has 0 unspecified atom stereocenters. The molecule has 4 rings (SSSR count). The molecule has 1 heterocycles. The molecule has 0 aliphatic heterocycles. The van der Waals surface area contributed by atoms with Crippen LogP contribution in [-0.2, 0) is 6.18 Å². The molecular weight excluding hydrogens is 505 g/mol. The average Bonchev–Trinajstić information content (AvgIpc) is 2.91. The maximum Gasteiger partial charge on any atom is 0.433 e. The molecule has 3 nitrogen and oxygen atoms in total. The quantitative estimate of drug-likeness (QED) is 0.207. The Balaban J connectivity index is 0.00000400. The molecule has 4 aromatic rings. The Morgan fingerprint density at radius 3 is 1.95 bits per heavy atom. The summed E-state index contributed by atoms with van der Waals surface area (Å²) >= 11 is 0. The summed E-state index contributed by atoms with van der Waals surface area (Å²) in [5.74, 6) is 0.251. The van der Waals surface area contributed by atoms with Crippen molar-refractivity contribution in [1.29, 1.82) is 0 Å². The van der Waals surface area contributed by atoms with Crippen LogP contribution in [-0.4, -0.2) is 23.2 Å². The van der Waals surface area contributed by atoms with Crippen LogP contribution in [0.25, 0.3) is 11.3 Å². The van der Waals surface area contributed by atoms with E-state index < -0.39 is 18.0 Å². The largest absolute Gasteiger partial charge is 0.433 e. The number of nitrogens with one attached hydrogen (secondary N) is 1. The molecule has 200 valence electrons. The number of hydrogen-bond donors (Lipinski definition) is 2. The monoisotopic (exact) mass is 538 g/mol. The first-order chi connectivity index (χ1) is 17.8. The van der Waals surface area contributed by atoms with Gasteiger partial charge in [-0.1, -0.05) is 90.5 Å². The second-order valence-corrected chi connectivity index (χ2v) is 9.27. The van der Waals surface area contributed by atoms with Gasteiger partial charge in [0, 0.05) is 18.0 Å². The number of hydrogen-bond acceptors (Lipinski definition) is 3. The molecule has 0 saturated carbocycles. The van der Waals surface area contributed by atoms with Gasteiger partial charge in [-0.15, -0.1) is 0 Å². The van der Waals surface area contributed by atoms with E-state index in [1.165, 1.54) is 17.2 Å². The highest BCUT2D eigenvalue weighted by Crippen LogP contribution is 2.33. The Kier molecular flexibility index (Phi) is 10.5. The van der Waals surface area contributed by atoms with Crippen molar-refractivity contribution in [2.24, 2.45) is 0 Å². The highest BCUT2D eigenvalue weighted by Gasteiger charge is 2.34. The Bertz CT molecular complexity index is 1230. The number of halogens is 3. The summed E-state index contributed by atoms with van der Waals surface area (Å²) in [6.07, 6.45) is -3.94. The SMILES string of the molecule is Cc1ccc(-c2cc([C@H](O)CNCCCC(c3ccccc3)c3ccccc3)cc(C(F)(F)F)n2)cc1.S. The maximum absolute atomic E-state index is 13.5. The number of rotatable bonds is 10. The lowest BCUT2D eigenvalue weighted by Crippen LogP contribution is -2.23. The van der Waals surface area contributed by atoms with Crippen molar-refractivity contribution in [2.45, 2.75) is 38.0 Å². The van der Waals surface area contributed by atoms with E-state index in [2.05, 4.69) is 34.6 Å². The molecule has 1 aromatic heterocycles. The second-order valence-electron chi connectivity index (χ2n) is 9.27. The number of aliphatic hydroxyl groups excluding tert-OH is 1. The maximum atomic E-state index is 13.5. The van der Waals surface area contributed by atoms with E-state index in [9.17, 15) is 18.3 Å². The third kappa shape index (κ3) is 7.93. The molecule has 3 aromatic carbocycles. The summed E-state index contributed by atoms with van der Waals surface area (Å²) in [6, 6.07) is 30.3. The Hall–Kier alpha value is -3.13. The minimum absolute atomic E-state index is 0. The van der Waals surface area contributed by atoms with Crippen LogP contribution in [0.2, 0.25) is 0 Å². The van der Waals surface area contributed by atoms with Crippen LogP contribution in [0.3, 0.4) is 0 Å². The number of alkyl halides is 3. The van der Waals surface area contributed by atoms with Crippen molar-refractivity contribution in [1.82, 2.24) is 10.3 Å². The van der Waals surface area contributed by atoms with E-state index in [1.54, 1.807) is 12.1 Å². The molecule has 2 N–H and O–H groups in total. The van der Waals surface area contributed by atoms with Gasteiger partial charge < -0.3 is 10.4 Å². The fourth-order valence-corrected chi connectivity index (χ4v) is 4.45. The van der Waals surface area contributed by atoms with Gasteiger partial charge in [-0.3, -0.25) is 0 Å². The summed E-state index contributed by atoms with van der Waals surface area (Å²) in [6.45, 7) is 2.69. The fraction of sp³-hybridized carbons (Fsp3) is 0.258. The first-order valence-electron chi connectivity index (χ1n) is 12.5. The van der Waals surface area contributed by atoms with Crippen LogP contribution >= 0.6 is 13.5 Å². The van der Waals surface area contributed by atoms with Gasteiger partial charge in [0.05, 0.1) is 11.8 Å². The molecule has 0 saturated heterocycles. The molecule has 0 fully saturated rings. The zero-order valence-corrected chi connectivity index (χ0v) is 22.2. The van der Waals surface area contributed by atoms with Crippen molar-refractivity contribution in [3.8, 4) is 11.3 Å². The smallest absolute Gasteiger partial charge is 0.387 e. The number of benzene rings is 3. The van der Waals surface area contributed by atoms with Gasteiger partial charge in [0.15, 0.2) is 0 Å². The summed E-state index contributed by atoms with van der Waals surface area (Å²) < 4.78 is 40.6. The Morgan fingerprint density at radius 1 is 0.816 bits per heavy atom. The van der Waals surface area contributed by atoms with Gasteiger partial charge in [-0.2, -0.15) is 26.7 Å². The van der Waals surface area contributed by atoms with E-state index in [1.807, 2.05) is 55.5 Å². The highest BCUT2D eigenvalue weighted by molar-refractivity contribution is 7.59. The predicted octanol–water partition coefficient (Wildman–Crippen LogP) is 7.42. The lowest BCUT2D eigenvalue weighted by atomic mass is 9.87. The molecule has 0 aliphatic rings. The van der Waals surface area contributed by atoms with Gasteiger partial charge in [0.1, 0.15) is 5.69 Å². The predicted molar refractivity (Wildman–Crippen MR) is 152 cm³/mol. The van der Waals surface area contributed by atoms with Crippen molar-refractivity contribution in [3.63, 3.8) is 0 Å². The average molecular weight is 539 g/mol. The molecule has 1 atom stereocenters. The van der Waals surface area contributed by atoms with Crippen LogP contribution in [0.4, 0.5) is 13.2 Å². The molecule has 0 amide bonds. The summed E-state index contributed by atoms with van der Waals surface area (Å²) in [5, 5.41) is 13.9. The molecule has 0 bridgehead atoms. The van der Waals surface area contributed by atoms with Gasteiger partial charge >= 0.3 is 6.18 Å². The van der Waals surface area contributed by atoms with Crippen LogP contribution in [0.15, 0.2) is 97.1 Å². The third-order valence-corrected chi connectivity index (χ3v) is 6.46. The first-order valence-corrected chi connectivity index (χ1v) is 12.5. The number of nitrogens with zero attached hydrogens (tertiary/aromatic N) is 1. The van der Waals surface area contributed by atoms with Crippen molar-refractivity contribution >= 4 is 13.5 Å². The first kappa shape index (κ1) is 29.4. The lowest BCUT2D eigenvalue weighted by Gasteiger charge is -2.19. The normalized spacial score (nSPS) is 12.3. The fourth-order valence-electron chi connectivity index (χ4n) is 4.45. The van der Waals surface area contributed by atoms with Gasteiger partial charge in [-0.05, 0) is 55.1 Å². The molecule has 0 spiro atoms. The van der Waals surface area contributed by atoms with E-state index >= 15 is 0 Å². The van der Waals surface area contributed by atoms with Crippen LogP contribution in [0.5, 0.6) is 0 Å². The topological polar surface area (TPSA) is 45.1 Å². The lowest BCUT2D eigenvalue weighted by molar-refractivity contribution is -0.141. The number of aryl methyl sites for hydroxylation is 1. The summed E-state index contributed by atoms with van der Waals surface area (Å²) in [5.41, 5.74) is 3.44. The number of aliphatic hydroxyl groups is 1. The van der Waals surface area contributed by atoms with Crippen molar-refractivity contribution < 1.29 is 18.3 Å². The van der Waals surface area contributed by atoms with Gasteiger partial charge in [0.2, 0.25) is 0 Å². The van der Waals surface area contributed by atoms with Crippen LogP contribution in [0.1, 0.15) is 52.8 Å². The van der Waals surface area contributed by atoms with E-state index in [0.29, 0.717) is 12.1 Å². The van der Waals surface area contributed by atoms with E-state index in [0.717, 1.165) is 24.5 Å². The standard InChI is InChI=1S/C31H31F3N2O.H2S/c1-22-14-16-25(17-15-22)28-19-26(20-30(36-28)31(32,33)34)29(37)21-35-18-8-13-27(23-9-4-2-5-10-23)24-11-6-3-7-12-24;/h2-7,9-12,14-17,19-20,27,29,35,37H,8,13,18,21H2,1H3;1H2/t29-;/m1./s1.